The van der Waals surface area contributed by atoms with Crippen LogP contribution < -0.4 is 9.64 Å². The zero-order valence-electron chi connectivity index (χ0n) is 16.7. The quantitative estimate of drug-likeness (QED) is 0.664. The lowest BCUT2D eigenvalue weighted by Crippen LogP contribution is -2.48. The summed E-state index contributed by atoms with van der Waals surface area (Å²) in [6, 6.07) is 11.3. The van der Waals surface area contributed by atoms with E-state index >= 15 is 0 Å². The largest absolute Gasteiger partial charge is 0.489 e. The Morgan fingerprint density at radius 1 is 1.10 bits per heavy atom. The number of piperazine rings is 1. The van der Waals surface area contributed by atoms with E-state index in [0.29, 0.717) is 31.0 Å². The highest BCUT2D eigenvalue weighted by molar-refractivity contribution is 5.94. The van der Waals surface area contributed by atoms with Gasteiger partial charge in [-0.05, 0) is 44.2 Å². The average Bonchev–Trinajstić information content (AvgIpc) is 3.10. The minimum Gasteiger partial charge on any atom is -0.489 e. The van der Waals surface area contributed by atoms with Crippen LogP contribution in [-0.4, -0.2) is 47.1 Å². The van der Waals surface area contributed by atoms with Gasteiger partial charge in [0.15, 0.2) is 0 Å². The molecule has 4 rings (SSSR count). The van der Waals surface area contributed by atoms with Gasteiger partial charge in [-0.15, -0.1) is 0 Å². The van der Waals surface area contributed by atoms with Gasteiger partial charge in [0, 0.05) is 49.8 Å². The molecular formula is C22H24N4O3. The van der Waals surface area contributed by atoms with Crippen LogP contribution >= 0.6 is 0 Å². The first-order valence-corrected chi connectivity index (χ1v) is 9.70. The lowest BCUT2D eigenvalue weighted by molar-refractivity contribution is 0.0746. The van der Waals surface area contributed by atoms with Crippen molar-refractivity contribution in [2.75, 3.05) is 31.1 Å². The summed E-state index contributed by atoms with van der Waals surface area (Å²) in [7, 11) is 0. The summed E-state index contributed by atoms with van der Waals surface area (Å²) in [6.07, 6.45) is 3.59. The minimum absolute atomic E-state index is 0.0298. The van der Waals surface area contributed by atoms with Gasteiger partial charge in [-0.3, -0.25) is 9.78 Å². The van der Waals surface area contributed by atoms with E-state index in [2.05, 4.69) is 15.0 Å². The number of aryl methyl sites for hydroxylation is 2. The molecule has 0 aliphatic carbocycles. The van der Waals surface area contributed by atoms with Gasteiger partial charge in [0.05, 0.1) is 11.3 Å². The standard InChI is InChI=1S/C22H24N4O3/c1-16-21(17(2)29-24-16)15-28-20-5-3-4-18(14-20)22(27)26-12-10-25(11-13-26)19-6-8-23-9-7-19/h3-9,14H,10-13,15H2,1-2H3. The Morgan fingerprint density at radius 3 is 2.55 bits per heavy atom. The number of nitrogens with zero attached hydrogens (tertiary/aromatic N) is 4. The van der Waals surface area contributed by atoms with E-state index < -0.39 is 0 Å². The zero-order valence-corrected chi connectivity index (χ0v) is 16.7. The number of ether oxygens (including phenoxy) is 1. The summed E-state index contributed by atoms with van der Waals surface area (Å²) >= 11 is 0. The molecule has 1 aliphatic rings. The molecular weight excluding hydrogens is 368 g/mol. The second kappa shape index (κ2) is 8.34. The highest BCUT2D eigenvalue weighted by Gasteiger charge is 2.22. The van der Waals surface area contributed by atoms with Crippen molar-refractivity contribution in [3.8, 4) is 5.75 Å². The Hall–Kier alpha value is -3.35. The molecule has 0 unspecified atom stereocenters. The first-order valence-electron chi connectivity index (χ1n) is 9.70. The molecule has 0 radical (unpaired) electrons. The van der Waals surface area contributed by atoms with Crippen LogP contribution in [0.1, 0.15) is 27.4 Å². The van der Waals surface area contributed by atoms with E-state index in [1.807, 2.05) is 49.1 Å². The van der Waals surface area contributed by atoms with Crippen molar-refractivity contribution in [1.29, 1.82) is 0 Å². The Bertz CT molecular complexity index is 959. The maximum atomic E-state index is 13.0. The first-order chi connectivity index (χ1) is 14.1. The zero-order chi connectivity index (χ0) is 20.2. The number of amides is 1. The number of benzene rings is 1. The van der Waals surface area contributed by atoms with E-state index in [4.69, 9.17) is 9.26 Å². The van der Waals surface area contributed by atoms with Crippen LogP contribution in [0.5, 0.6) is 5.75 Å². The third-order valence-corrected chi connectivity index (χ3v) is 5.24. The molecule has 1 fully saturated rings. The number of pyridine rings is 1. The molecule has 0 saturated carbocycles. The summed E-state index contributed by atoms with van der Waals surface area (Å²) in [6.45, 7) is 7.10. The van der Waals surface area contributed by atoms with Gasteiger partial charge in [0.2, 0.25) is 0 Å². The monoisotopic (exact) mass is 392 g/mol. The molecule has 3 heterocycles. The molecule has 0 N–H and O–H groups in total. The predicted octanol–water partition coefficient (Wildman–Crippen LogP) is 3.23. The minimum atomic E-state index is 0.0298. The number of carbonyl (C=O) groups is 1. The second-order valence-corrected chi connectivity index (χ2v) is 7.10. The molecule has 29 heavy (non-hydrogen) atoms. The fourth-order valence-electron chi connectivity index (χ4n) is 3.49. The molecule has 3 aromatic rings. The van der Waals surface area contributed by atoms with Crippen LogP contribution in [0.3, 0.4) is 0 Å². The fourth-order valence-corrected chi connectivity index (χ4v) is 3.49. The summed E-state index contributed by atoms with van der Waals surface area (Å²) in [5.41, 5.74) is 3.54. The molecule has 7 heteroatoms. The highest BCUT2D eigenvalue weighted by Crippen LogP contribution is 2.21. The summed E-state index contributed by atoms with van der Waals surface area (Å²) in [5.74, 6) is 1.44. The summed E-state index contributed by atoms with van der Waals surface area (Å²) in [4.78, 5) is 21.2. The van der Waals surface area contributed by atoms with Crippen LogP contribution in [0.4, 0.5) is 5.69 Å². The van der Waals surface area contributed by atoms with Crippen LogP contribution in [0, 0.1) is 13.8 Å². The van der Waals surface area contributed by atoms with Crippen LogP contribution in [0.25, 0.3) is 0 Å². The smallest absolute Gasteiger partial charge is 0.254 e. The highest BCUT2D eigenvalue weighted by atomic mass is 16.5. The summed E-state index contributed by atoms with van der Waals surface area (Å²) < 4.78 is 11.0. The third kappa shape index (κ3) is 4.23. The van der Waals surface area contributed by atoms with Crippen molar-refractivity contribution in [1.82, 2.24) is 15.0 Å². The average molecular weight is 392 g/mol. The molecule has 0 atom stereocenters. The van der Waals surface area contributed by atoms with Crippen molar-refractivity contribution in [3.05, 3.63) is 71.4 Å². The Kier molecular flexibility index (Phi) is 5.46. The number of carbonyl (C=O) groups excluding carboxylic acids is 1. The molecule has 7 nitrogen and oxygen atoms in total. The van der Waals surface area contributed by atoms with Gasteiger partial charge in [-0.1, -0.05) is 11.2 Å². The maximum absolute atomic E-state index is 13.0. The molecule has 1 aromatic carbocycles. The van der Waals surface area contributed by atoms with E-state index in [0.717, 1.165) is 35.8 Å². The molecule has 150 valence electrons. The van der Waals surface area contributed by atoms with Crippen molar-refractivity contribution < 1.29 is 14.1 Å². The topological polar surface area (TPSA) is 71.7 Å². The van der Waals surface area contributed by atoms with Crippen molar-refractivity contribution >= 4 is 11.6 Å². The van der Waals surface area contributed by atoms with Gasteiger partial charge in [-0.2, -0.15) is 0 Å². The molecule has 0 spiro atoms. The van der Waals surface area contributed by atoms with Gasteiger partial charge in [-0.25, -0.2) is 0 Å². The molecule has 2 aromatic heterocycles. The molecule has 1 amide bonds. The molecule has 1 aliphatic heterocycles. The summed E-state index contributed by atoms with van der Waals surface area (Å²) in [5, 5.41) is 3.94. The normalized spacial score (nSPS) is 14.1. The van der Waals surface area contributed by atoms with Crippen molar-refractivity contribution in [2.45, 2.75) is 20.5 Å². The van der Waals surface area contributed by atoms with E-state index in [1.54, 1.807) is 18.5 Å². The van der Waals surface area contributed by atoms with E-state index in [1.165, 1.54) is 0 Å². The lowest BCUT2D eigenvalue weighted by Gasteiger charge is -2.36. The Labute approximate surface area is 169 Å². The lowest BCUT2D eigenvalue weighted by atomic mass is 10.1. The number of aromatic nitrogens is 2. The fraction of sp³-hybridized carbons (Fsp3) is 0.318. The van der Waals surface area contributed by atoms with Crippen molar-refractivity contribution in [2.24, 2.45) is 0 Å². The number of hydrogen-bond acceptors (Lipinski definition) is 6. The van der Waals surface area contributed by atoms with Gasteiger partial charge in [0.1, 0.15) is 18.1 Å². The molecule has 0 bridgehead atoms. The number of rotatable bonds is 5. The maximum Gasteiger partial charge on any atom is 0.254 e. The number of anilines is 1. The third-order valence-electron chi connectivity index (χ3n) is 5.24. The second-order valence-electron chi connectivity index (χ2n) is 7.10. The van der Waals surface area contributed by atoms with Crippen LogP contribution in [0.2, 0.25) is 0 Å². The van der Waals surface area contributed by atoms with E-state index in [-0.39, 0.29) is 5.91 Å². The van der Waals surface area contributed by atoms with Gasteiger partial charge in [0.25, 0.3) is 5.91 Å². The van der Waals surface area contributed by atoms with E-state index in [9.17, 15) is 4.79 Å². The Morgan fingerprint density at radius 2 is 1.86 bits per heavy atom. The van der Waals surface area contributed by atoms with Crippen LogP contribution in [-0.2, 0) is 6.61 Å². The molecule has 1 saturated heterocycles. The van der Waals surface area contributed by atoms with Gasteiger partial charge < -0.3 is 19.1 Å². The first kappa shape index (κ1) is 19.0. The predicted molar refractivity (Wildman–Crippen MR) is 109 cm³/mol. The number of hydrogen-bond donors (Lipinski definition) is 0. The van der Waals surface area contributed by atoms with Gasteiger partial charge >= 0.3 is 0 Å². The van der Waals surface area contributed by atoms with Crippen molar-refractivity contribution in [3.63, 3.8) is 0 Å². The SMILES string of the molecule is Cc1noc(C)c1COc1cccc(C(=O)N2CCN(c3ccncc3)CC2)c1. The Balaban J connectivity index is 1.37. The van der Waals surface area contributed by atoms with Crippen LogP contribution in [0.15, 0.2) is 53.3 Å².